The van der Waals surface area contributed by atoms with Crippen LogP contribution in [0.4, 0.5) is 4.39 Å². The number of aromatic carboxylic acids is 1. The number of carbonyl (C=O) groups is 1. The normalized spacial score (nSPS) is 10.5. The van der Waals surface area contributed by atoms with E-state index in [-0.39, 0.29) is 22.3 Å². The molecule has 2 aromatic carbocycles. The van der Waals surface area contributed by atoms with E-state index in [0.717, 1.165) is 17.1 Å². The first-order chi connectivity index (χ1) is 12.0. The van der Waals surface area contributed by atoms with Gasteiger partial charge in [-0.05, 0) is 35.9 Å². The van der Waals surface area contributed by atoms with Crippen molar-refractivity contribution in [3.05, 3.63) is 65.2 Å². The topological polar surface area (TPSA) is 81.5 Å². The molecule has 0 fully saturated rings. The molecule has 25 heavy (non-hydrogen) atoms. The predicted molar refractivity (Wildman–Crippen MR) is 89.1 cm³/mol. The fourth-order valence-electron chi connectivity index (χ4n) is 2.12. The van der Waals surface area contributed by atoms with Gasteiger partial charge >= 0.3 is 5.97 Å². The first-order valence-corrected chi connectivity index (χ1v) is 7.98. The number of carboxylic acids is 1. The number of aromatic nitrogens is 2. The zero-order chi connectivity index (χ0) is 17.8. The highest BCUT2D eigenvalue weighted by atomic mass is 32.1. The van der Waals surface area contributed by atoms with Crippen LogP contribution in [-0.2, 0) is 6.42 Å². The van der Waals surface area contributed by atoms with E-state index in [9.17, 15) is 9.18 Å². The van der Waals surface area contributed by atoms with Crippen molar-refractivity contribution in [3.8, 4) is 16.7 Å². The van der Waals surface area contributed by atoms with Gasteiger partial charge in [0.05, 0.1) is 12.7 Å². The predicted octanol–water partition coefficient (Wildman–Crippen LogP) is 3.77. The minimum absolute atomic E-state index is 0.0758. The van der Waals surface area contributed by atoms with Crippen molar-refractivity contribution in [3.63, 3.8) is 0 Å². The highest BCUT2D eigenvalue weighted by Gasteiger charge is 2.14. The third-order valence-electron chi connectivity index (χ3n) is 3.33. The van der Waals surface area contributed by atoms with Crippen LogP contribution in [0.2, 0.25) is 0 Å². The smallest absolute Gasteiger partial charge is 0.335 e. The van der Waals surface area contributed by atoms with Crippen molar-refractivity contribution >= 4 is 17.5 Å². The van der Waals surface area contributed by atoms with E-state index >= 15 is 0 Å². The molecule has 128 valence electrons. The second-order valence-corrected chi connectivity index (χ2v) is 5.77. The summed E-state index contributed by atoms with van der Waals surface area (Å²) < 4.78 is 27.9. The Morgan fingerprint density at radius 3 is 2.64 bits per heavy atom. The van der Waals surface area contributed by atoms with E-state index in [2.05, 4.69) is 9.36 Å². The zero-order valence-corrected chi connectivity index (χ0v) is 13.9. The number of hydrogen-bond donors (Lipinski definition) is 1. The molecule has 0 aliphatic carbocycles. The molecular weight excluding hydrogens is 347 g/mol. The van der Waals surface area contributed by atoms with Gasteiger partial charge in [0.2, 0.25) is 0 Å². The number of benzene rings is 2. The van der Waals surface area contributed by atoms with Crippen LogP contribution < -0.4 is 9.47 Å². The lowest BCUT2D eigenvalue weighted by Crippen LogP contribution is -1.98. The van der Waals surface area contributed by atoms with Crippen LogP contribution >= 0.6 is 11.5 Å². The van der Waals surface area contributed by atoms with E-state index in [4.69, 9.17) is 14.6 Å². The van der Waals surface area contributed by atoms with Crippen molar-refractivity contribution in [2.45, 2.75) is 6.42 Å². The van der Waals surface area contributed by atoms with Gasteiger partial charge in [-0.3, -0.25) is 0 Å². The monoisotopic (exact) mass is 360 g/mol. The number of methoxy groups -OCH3 is 1. The van der Waals surface area contributed by atoms with Crippen molar-refractivity contribution in [2.75, 3.05) is 7.11 Å². The highest BCUT2D eigenvalue weighted by molar-refractivity contribution is 7.07. The van der Waals surface area contributed by atoms with Crippen molar-refractivity contribution in [2.24, 2.45) is 0 Å². The Labute approximate surface area is 146 Å². The van der Waals surface area contributed by atoms with E-state index < -0.39 is 5.97 Å². The van der Waals surface area contributed by atoms with Crippen LogP contribution in [0, 0.1) is 5.82 Å². The molecule has 0 unspecified atom stereocenters. The summed E-state index contributed by atoms with van der Waals surface area (Å²) in [6.45, 7) is 0. The molecule has 3 rings (SSSR count). The third-order valence-corrected chi connectivity index (χ3v) is 3.97. The Morgan fingerprint density at radius 1 is 1.20 bits per heavy atom. The number of ether oxygens (including phenoxy) is 2. The molecule has 0 aliphatic heterocycles. The van der Waals surface area contributed by atoms with Crippen LogP contribution in [0.15, 0.2) is 42.5 Å². The zero-order valence-electron chi connectivity index (χ0n) is 13.1. The SMILES string of the molecule is COc1ccc(C(=O)O)cc1Oc1nc(Cc2ccc(F)cc2)ns1. The lowest BCUT2D eigenvalue weighted by atomic mass is 10.1. The number of hydrogen-bond acceptors (Lipinski definition) is 6. The molecule has 0 radical (unpaired) electrons. The van der Waals surface area contributed by atoms with Gasteiger partial charge < -0.3 is 14.6 Å². The lowest BCUT2D eigenvalue weighted by molar-refractivity contribution is 0.0696. The first kappa shape index (κ1) is 16.8. The maximum Gasteiger partial charge on any atom is 0.335 e. The summed E-state index contributed by atoms with van der Waals surface area (Å²) in [5.41, 5.74) is 0.947. The number of halogens is 1. The summed E-state index contributed by atoms with van der Waals surface area (Å²) in [4.78, 5) is 15.3. The van der Waals surface area contributed by atoms with Crippen molar-refractivity contribution in [1.82, 2.24) is 9.36 Å². The van der Waals surface area contributed by atoms with Gasteiger partial charge in [-0.25, -0.2) is 9.18 Å². The van der Waals surface area contributed by atoms with E-state index in [0.29, 0.717) is 18.0 Å². The van der Waals surface area contributed by atoms with Crippen LogP contribution in [0.1, 0.15) is 21.7 Å². The average Bonchev–Trinajstić information content (AvgIpc) is 3.04. The van der Waals surface area contributed by atoms with Gasteiger partial charge in [-0.1, -0.05) is 12.1 Å². The summed E-state index contributed by atoms with van der Waals surface area (Å²) in [6.07, 6.45) is 0.437. The molecule has 0 spiro atoms. The van der Waals surface area contributed by atoms with Gasteiger partial charge in [0.1, 0.15) is 5.82 Å². The van der Waals surface area contributed by atoms with Gasteiger partial charge in [-0.15, -0.1) is 0 Å². The molecule has 0 saturated carbocycles. The Bertz CT molecular complexity index is 896. The highest BCUT2D eigenvalue weighted by Crippen LogP contribution is 2.33. The largest absolute Gasteiger partial charge is 0.493 e. The minimum atomic E-state index is -1.07. The third kappa shape index (κ3) is 4.10. The molecule has 0 bridgehead atoms. The van der Waals surface area contributed by atoms with Crippen molar-refractivity contribution < 1.29 is 23.8 Å². The summed E-state index contributed by atoms with van der Waals surface area (Å²) >= 11 is 1.04. The second-order valence-electron chi connectivity index (χ2n) is 5.05. The van der Waals surface area contributed by atoms with E-state index in [1.807, 2.05) is 0 Å². The minimum Gasteiger partial charge on any atom is -0.493 e. The fourth-order valence-corrected chi connectivity index (χ4v) is 2.68. The van der Waals surface area contributed by atoms with Gasteiger partial charge in [0.15, 0.2) is 17.3 Å². The van der Waals surface area contributed by atoms with Crippen molar-refractivity contribution in [1.29, 1.82) is 0 Å². The number of carboxylic acid groups (broad SMARTS) is 1. The Morgan fingerprint density at radius 2 is 1.96 bits per heavy atom. The average molecular weight is 360 g/mol. The van der Waals surface area contributed by atoms with E-state index in [1.165, 1.54) is 37.4 Å². The molecule has 3 aromatic rings. The summed E-state index contributed by atoms with van der Waals surface area (Å²) in [7, 11) is 1.46. The lowest BCUT2D eigenvalue weighted by Gasteiger charge is -2.08. The van der Waals surface area contributed by atoms with Crippen LogP contribution in [0.5, 0.6) is 16.7 Å². The van der Waals surface area contributed by atoms with Crippen LogP contribution in [0.3, 0.4) is 0 Å². The number of nitrogens with zero attached hydrogens (tertiary/aromatic N) is 2. The first-order valence-electron chi connectivity index (χ1n) is 7.21. The standard InChI is InChI=1S/C17H13FN2O4S/c1-23-13-7-4-11(16(21)22)9-14(13)24-17-19-15(20-25-17)8-10-2-5-12(18)6-3-10/h2-7,9H,8H2,1H3,(H,21,22). The molecule has 6 nitrogen and oxygen atoms in total. The molecule has 0 atom stereocenters. The molecule has 0 aliphatic rings. The molecule has 0 amide bonds. The maximum atomic E-state index is 12.9. The summed E-state index contributed by atoms with van der Waals surface area (Å²) in [6, 6.07) is 10.4. The molecular formula is C17H13FN2O4S. The van der Waals surface area contributed by atoms with Gasteiger partial charge in [0, 0.05) is 18.0 Å². The fraction of sp³-hybridized carbons (Fsp3) is 0.118. The Balaban J connectivity index is 1.78. The van der Waals surface area contributed by atoms with Crippen LogP contribution in [0.25, 0.3) is 0 Å². The number of rotatable bonds is 6. The van der Waals surface area contributed by atoms with E-state index in [1.54, 1.807) is 12.1 Å². The van der Waals surface area contributed by atoms with Gasteiger partial charge in [0.25, 0.3) is 5.19 Å². The molecule has 0 saturated heterocycles. The quantitative estimate of drug-likeness (QED) is 0.721. The summed E-state index contributed by atoms with van der Waals surface area (Å²) in [5, 5.41) is 9.34. The maximum absolute atomic E-state index is 12.9. The molecule has 1 aromatic heterocycles. The summed E-state index contributed by atoms with van der Waals surface area (Å²) in [5.74, 6) is -0.210. The molecule has 1 heterocycles. The molecule has 1 N–H and O–H groups in total. The Hall–Kier alpha value is -3.00. The second kappa shape index (κ2) is 7.27. The molecule has 8 heteroatoms. The Kier molecular flexibility index (Phi) is 4.90. The van der Waals surface area contributed by atoms with Crippen LogP contribution in [-0.4, -0.2) is 27.5 Å². The van der Waals surface area contributed by atoms with Gasteiger partial charge in [-0.2, -0.15) is 9.36 Å².